The van der Waals surface area contributed by atoms with Crippen molar-refractivity contribution in [2.75, 3.05) is 30.9 Å². The second-order valence-electron chi connectivity index (χ2n) is 5.57. The van der Waals surface area contributed by atoms with Gasteiger partial charge in [0.2, 0.25) is 0 Å². The molecule has 128 valence electrons. The Bertz CT molecular complexity index is 802. The Hall–Kier alpha value is -3.26. The maximum Gasteiger partial charge on any atom is 0.266 e. The highest BCUT2D eigenvalue weighted by atomic mass is 16.5. The van der Waals surface area contributed by atoms with Gasteiger partial charge in [-0.3, -0.25) is 4.79 Å². The highest BCUT2D eigenvalue weighted by Crippen LogP contribution is 2.19. The van der Waals surface area contributed by atoms with Crippen molar-refractivity contribution in [3.8, 4) is 11.8 Å². The van der Waals surface area contributed by atoms with Crippen LogP contribution in [-0.2, 0) is 4.79 Å². The molecular formula is C20H21N3O2. The number of carbonyl (C=O) groups excluding carboxylic acids is 1. The molecule has 5 nitrogen and oxygen atoms in total. The fourth-order valence-electron chi connectivity index (χ4n) is 2.21. The smallest absolute Gasteiger partial charge is 0.266 e. The zero-order valence-electron chi connectivity index (χ0n) is 14.6. The zero-order chi connectivity index (χ0) is 18.2. The summed E-state index contributed by atoms with van der Waals surface area (Å²) >= 11 is 0. The monoisotopic (exact) mass is 335 g/mol. The van der Waals surface area contributed by atoms with Gasteiger partial charge in [0.15, 0.2) is 0 Å². The van der Waals surface area contributed by atoms with Crippen molar-refractivity contribution in [1.29, 1.82) is 5.26 Å². The van der Waals surface area contributed by atoms with Gasteiger partial charge in [0.05, 0.1) is 6.61 Å². The minimum atomic E-state index is -0.451. The molecule has 0 spiro atoms. The summed E-state index contributed by atoms with van der Waals surface area (Å²) in [4.78, 5) is 14.3. The molecule has 0 aromatic heterocycles. The first-order chi connectivity index (χ1) is 12.0. The lowest BCUT2D eigenvalue weighted by Gasteiger charge is -2.12. The number of anilines is 2. The van der Waals surface area contributed by atoms with Crippen molar-refractivity contribution >= 4 is 23.4 Å². The van der Waals surface area contributed by atoms with Gasteiger partial charge in [-0.15, -0.1) is 0 Å². The molecular weight excluding hydrogens is 314 g/mol. The molecule has 0 bridgehead atoms. The summed E-state index contributed by atoms with van der Waals surface area (Å²) in [7, 11) is 3.91. The van der Waals surface area contributed by atoms with Crippen LogP contribution in [0.3, 0.4) is 0 Å². The third kappa shape index (κ3) is 5.11. The first-order valence-corrected chi connectivity index (χ1v) is 7.97. The molecule has 0 saturated heterocycles. The van der Waals surface area contributed by atoms with E-state index in [4.69, 9.17) is 4.74 Å². The van der Waals surface area contributed by atoms with Crippen LogP contribution in [-0.4, -0.2) is 26.6 Å². The molecule has 0 aliphatic rings. The van der Waals surface area contributed by atoms with E-state index in [0.717, 1.165) is 11.3 Å². The molecule has 2 rings (SSSR count). The fourth-order valence-corrected chi connectivity index (χ4v) is 2.21. The molecule has 0 fully saturated rings. The van der Waals surface area contributed by atoms with Crippen molar-refractivity contribution in [1.82, 2.24) is 0 Å². The molecule has 1 N–H and O–H groups in total. The summed E-state index contributed by atoms with van der Waals surface area (Å²) in [6.07, 6.45) is 1.57. The van der Waals surface area contributed by atoms with Crippen molar-refractivity contribution in [2.45, 2.75) is 6.92 Å². The molecule has 0 saturated carbocycles. The van der Waals surface area contributed by atoms with Crippen LogP contribution in [0.1, 0.15) is 12.5 Å². The standard InChI is InChI=1S/C20H21N3O2/c1-4-25-19-7-5-6-17(13-19)22-20(24)16(14-21)12-15-8-10-18(11-9-15)23(2)3/h5-13H,4H2,1-3H3,(H,22,24)/b16-12+. The highest BCUT2D eigenvalue weighted by Gasteiger charge is 2.10. The lowest BCUT2D eigenvalue weighted by molar-refractivity contribution is -0.112. The van der Waals surface area contributed by atoms with Crippen LogP contribution in [0, 0.1) is 11.3 Å². The van der Waals surface area contributed by atoms with E-state index in [1.54, 1.807) is 24.3 Å². The second kappa shape index (κ2) is 8.55. The van der Waals surface area contributed by atoms with E-state index in [2.05, 4.69) is 5.32 Å². The third-order valence-corrected chi connectivity index (χ3v) is 3.49. The van der Waals surface area contributed by atoms with Gasteiger partial charge >= 0.3 is 0 Å². The number of amides is 1. The normalized spacial score (nSPS) is 10.7. The number of carbonyl (C=O) groups is 1. The van der Waals surface area contributed by atoms with Crippen molar-refractivity contribution in [3.63, 3.8) is 0 Å². The Morgan fingerprint density at radius 1 is 1.24 bits per heavy atom. The molecule has 0 unspecified atom stereocenters. The number of nitriles is 1. The van der Waals surface area contributed by atoms with Gasteiger partial charge in [-0.25, -0.2) is 0 Å². The van der Waals surface area contributed by atoms with Crippen LogP contribution in [0.5, 0.6) is 5.75 Å². The van der Waals surface area contributed by atoms with E-state index in [1.807, 2.05) is 62.3 Å². The molecule has 2 aromatic carbocycles. The predicted molar refractivity (Wildman–Crippen MR) is 101 cm³/mol. The Balaban J connectivity index is 2.15. The largest absolute Gasteiger partial charge is 0.494 e. The van der Waals surface area contributed by atoms with Gasteiger partial charge < -0.3 is 15.0 Å². The summed E-state index contributed by atoms with van der Waals surface area (Å²) in [6.45, 7) is 2.44. The van der Waals surface area contributed by atoms with Crippen LogP contribution in [0.2, 0.25) is 0 Å². The molecule has 5 heteroatoms. The average Bonchev–Trinajstić information content (AvgIpc) is 2.60. The summed E-state index contributed by atoms with van der Waals surface area (Å²) in [5.74, 6) is 0.217. The first-order valence-electron chi connectivity index (χ1n) is 7.97. The molecule has 0 heterocycles. The average molecular weight is 335 g/mol. The Labute approximate surface area is 148 Å². The highest BCUT2D eigenvalue weighted by molar-refractivity contribution is 6.09. The van der Waals surface area contributed by atoms with Crippen LogP contribution in [0.4, 0.5) is 11.4 Å². The molecule has 0 radical (unpaired) electrons. The van der Waals surface area contributed by atoms with E-state index in [-0.39, 0.29) is 5.57 Å². The Morgan fingerprint density at radius 2 is 1.96 bits per heavy atom. The van der Waals surface area contributed by atoms with Crippen molar-refractivity contribution in [2.24, 2.45) is 0 Å². The lowest BCUT2D eigenvalue weighted by Crippen LogP contribution is -2.13. The SMILES string of the molecule is CCOc1cccc(NC(=O)/C(C#N)=C/c2ccc(N(C)C)cc2)c1. The molecule has 0 aliphatic carbocycles. The van der Waals surface area contributed by atoms with E-state index >= 15 is 0 Å². The topological polar surface area (TPSA) is 65.4 Å². The summed E-state index contributed by atoms with van der Waals surface area (Å²) < 4.78 is 5.41. The van der Waals surface area contributed by atoms with E-state index in [0.29, 0.717) is 18.0 Å². The van der Waals surface area contributed by atoms with Gasteiger partial charge in [0.1, 0.15) is 17.4 Å². The fraction of sp³-hybridized carbons (Fsp3) is 0.200. The van der Waals surface area contributed by atoms with E-state index in [9.17, 15) is 10.1 Å². The lowest BCUT2D eigenvalue weighted by atomic mass is 10.1. The molecule has 0 aliphatic heterocycles. The maximum atomic E-state index is 12.3. The zero-order valence-corrected chi connectivity index (χ0v) is 14.6. The van der Waals surface area contributed by atoms with Crippen LogP contribution < -0.4 is 15.0 Å². The number of ether oxygens (including phenoxy) is 1. The minimum absolute atomic E-state index is 0.0411. The van der Waals surface area contributed by atoms with Gasteiger partial charge in [-0.2, -0.15) is 5.26 Å². The van der Waals surface area contributed by atoms with Crippen molar-refractivity contribution < 1.29 is 9.53 Å². The van der Waals surface area contributed by atoms with Gasteiger partial charge in [-0.05, 0) is 42.8 Å². The summed E-state index contributed by atoms with van der Waals surface area (Å²) in [5.41, 5.74) is 2.47. The minimum Gasteiger partial charge on any atom is -0.494 e. The quantitative estimate of drug-likeness (QED) is 0.646. The van der Waals surface area contributed by atoms with Gasteiger partial charge in [-0.1, -0.05) is 18.2 Å². The van der Waals surface area contributed by atoms with Gasteiger partial charge in [0.25, 0.3) is 5.91 Å². The van der Waals surface area contributed by atoms with Crippen LogP contribution >= 0.6 is 0 Å². The summed E-state index contributed by atoms with van der Waals surface area (Å²) in [5, 5.41) is 12.0. The van der Waals surface area contributed by atoms with Crippen molar-refractivity contribution in [3.05, 3.63) is 59.7 Å². The molecule has 25 heavy (non-hydrogen) atoms. The Morgan fingerprint density at radius 3 is 2.56 bits per heavy atom. The second-order valence-corrected chi connectivity index (χ2v) is 5.57. The number of nitrogens with one attached hydrogen (secondary N) is 1. The van der Waals surface area contributed by atoms with E-state index < -0.39 is 5.91 Å². The van der Waals surface area contributed by atoms with E-state index in [1.165, 1.54) is 0 Å². The molecule has 1 amide bonds. The first kappa shape index (κ1) is 18.1. The number of rotatable bonds is 6. The van der Waals surface area contributed by atoms with Crippen LogP contribution in [0.15, 0.2) is 54.1 Å². The Kier molecular flexibility index (Phi) is 6.19. The predicted octanol–water partition coefficient (Wildman–Crippen LogP) is 3.70. The maximum absolute atomic E-state index is 12.3. The number of hydrogen-bond acceptors (Lipinski definition) is 4. The number of benzene rings is 2. The molecule has 0 atom stereocenters. The third-order valence-electron chi connectivity index (χ3n) is 3.49. The molecule has 2 aromatic rings. The van der Waals surface area contributed by atoms with Crippen LogP contribution in [0.25, 0.3) is 6.08 Å². The summed E-state index contributed by atoms with van der Waals surface area (Å²) in [6, 6.07) is 16.6. The van der Waals surface area contributed by atoms with Gasteiger partial charge in [0, 0.05) is 31.5 Å². The number of nitrogens with zero attached hydrogens (tertiary/aromatic N) is 2. The number of hydrogen-bond donors (Lipinski definition) is 1.